The molecular formula is C11H17N5O3. The number of rotatable bonds is 3. The second-order valence-corrected chi connectivity index (χ2v) is 4.64. The molecule has 2 amide bonds. The normalized spacial score (nSPS) is 22.8. The molecular weight excluding hydrogens is 250 g/mol. The van der Waals surface area contributed by atoms with E-state index < -0.39 is 17.9 Å². The zero-order valence-electron chi connectivity index (χ0n) is 10.7. The highest BCUT2D eigenvalue weighted by molar-refractivity contribution is 5.88. The number of urea groups is 1. The molecule has 3 N–H and O–H groups in total. The minimum absolute atomic E-state index is 0.320. The standard InChI is InChI=1S/C11H17N5O3/c1-16-10(12-6-13-16)15-11(19)14-8-5-3-2-4-7(8)9(17)18/h6-8H,2-5H2,1H3,(H,17,18)(H2,12,13,14,15,19). The van der Waals surface area contributed by atoms with Crippen molar-refractivity contribution in [1.82, 2.24) is 20.1 Å². The molecule has 0 bridgehead atoms. The lowest BCUT2D eigenvalue weighted by Gasteiger charge is -2.29. The fraction of sp³-hybridized carbons (Fsp3) is 0.636. The molecule has 1 heterocycles. The number of hydrogen-bond acceptors (Lipinski definition) is 4. The lowest BCUT2D eigenvalue weighted by Crippen LogP contribution is -2.46. The Bertz CT molecular complexity index is 473. The number of carbonyl (C=O) groups is 2. The van der Waals surface area contributed by atoms with Crippen molar-refractivity contribution in [2.24, 2.45) is 13.0 Å². The molecule has 2 atom stereocenters. The van der Waals surface area contributed by atoms with Gasteiger partial charge in [-0.1, -0.05) is 12.8 Å². The Hall–Kier alpha value is -2.12. The van der Waals surface area contributed by atoms with Gasteiger partial charge in [0.15, 0.2) is 0 Å². The summed E-state index contributed by atoms with van der Waals surface area (Å²) in [6.45, 7) is 0. The monoisotopic (exact) mass is 267 g/mol. The SMILES string of the molecule is Cn1ncnc1NC(=O)NC1CCCCC1C(=O)O. The van der Waals surface area contributed by atoms with Gasteiger partial charge in [-0.05, 0) is 12.8 Å². The number of carboxylic acid groups (broad SMARTS) is 1. The minimum atomic E-state index is -0.858. The first-order chi connectivity index (χ1) is 9.08. The van der Waals surface area contributed by atoms with Gasteiger partial charge in [-0.25, -0.2) is 9.48 Å². The molecule has 1 aliphatic carbocycles. The fourth-order valence-electron chi connectivity index (χ4n) is 2.31. The summed E-state index contributed by atoms with van der Waals surface area (Å²) in [6.07, 6.45) is 4.43. The Morgan fingerprint density at radius 3 is 2.79 bits per heavy atom. The lowest BCUT2D eigenvalue weighted by molar-refractivity contribution is -0.143. The highest BCUT2D eigenvalue weighted by atomic mass is 16.4. The molecule has 0 saturated heterocycles. The first kappa shape index (κ1) is 13.3. The average Bonchev–Trinajstić information content (AvgIpc) is 2.75. The van der Waals surface area contributed by atoms with Gasteiger partial charge in [0.05, 0.1) is 5.92 Å². The van der Waals surface area contributed by atoms with Crippen LogP contribution in [0.2, 0.25) is 0 Å². The zero-order chi connectivity index (χ0) is 13.8. The van der Waals surface area contributed by atoms with Crippen LogP contribution in [0, 0.1) is 5.92 Å². The number of amides is 2. The molecule has 0 radical (unpaired) electrons. The molecule has 1 fully saturated rings. The van der Waals surface area contributed by atoms with Gasteiger partial charge >= 0.3 is 12.0 Å². The van der Waals surface area contributed by atoms with Gasteiger partial charge in [0.1, 0.15) is 6.33 Å². The number of carboxylic acids is 1. The molecule has 1 aromatic rings. The van der Waals surface area contributed by atoms with E-state index in [0.29, 0.717) is 18.8 Å². The molecule has 8 heteroatoms. The third-order valence-corrected chi connectivity index (χ3v) is 3.34. The predicted molar refractivity (Wildman–Crippen MR) is 66.5 cm³/mol. The van der Waals surface area contributed by atoms with Crippen molar-refractivity contribution in [3.8, 4) is 0 Å². The molecule has 2 rings (SSSR count). The number of aliphatic carboxylic acids is 1. The van der Waals surface area contributed by atoms with Gasteiger partial charge in [0.2, 0.25) is 5.95 Å². The van der Waals surface area contributed by atoms with Crippen LogP contribution >= 0.6 is 0 Å². The summed E-state index contributed by atoms with van der Waals surface area (Å²) in [5.74, 6) is -1.05. The topological polar surface area (TPSA) is 109 Å². The van der Waals surface area contributed by atoms with E-state index in [2.05, 4.69) is 20.7 Å². The summed E-state index contributed by atoms with van der Waals surface area (Å²) in [5, 5.41) is 18.2. The summed E-state index contributed by atoms with van der Waals surface area (Å²) >= 11 is 0. The maximum absolute atomic E-state index is 11.8. The molecule has 19 heavy (non-hydrogen) atoms. The maximum atomic E-state index is 11.8. The van der Waals surface area contributed by atoms with Gasteiger partial charge in [-0.2, -0.15) is 10.1 Å². The summed E-state index contributed by atoms with van der Waals surface area (Å²) in [5.41, 5.74) is 0. The summed E-state index contributed by atoms with van der Waals surface area (Å²) in [4.78, 5) is 26.8. The quantitative estimate of drug-likeness (QED) is 0.742. The first-order valence-electron chi connectivity index (χ1n) is 6.22. The minimum Gasteiger partial charge on any atom is -0.481 e. The van der Waals surface area contributed by atoms with Crippen LogP contribution in [0.25, 0.3) is 0 Å². The third-order valence-electron chi connectivity index (χ3n) is 3.34. The second kappa shape index (κ2) is 5.68. The molecule has 1 aliphatic rings. The Balaban J connectivity index is 1.94. The van der Waals surface area contributed by atoms with E-state index in [0.717, 1.165) is 12.8 Å². The molecule has 8 nitrogen and oxygen atoms in total. The summed E-state index contributed by atoms with van der Waals surface area (Å²) in [6, 6.07) is -0.784. The van der Waals surface area contributed by atoms with E-state index in [1.807, 2.05) is 0 Å². The molecule has 2 unspecified atom stereocenters. The van der Waals surface area contributed by atoms with Crippen molar-refractivity contribution in [3.05, 3.63) is 6.33 Å². The van der Waals surface area contributed by atoms with Crippen LogP contribution in [-0.2, 0) is 11.8 Å². The highest BCUT2D eigenvalue weighted by Gasteiger charge is 2.31. The largest absolute Gasteiger partial charge is 0.481 e. The van der Waals surface area contributed by atoms with E-state index >= 15 is 0 Å². The number of carbonyl (C=O) groups excluding carboxylic acids is 1. The third kappa shape index (κ3) is 3.21. The van der Waals surface area contributed by atoms with Crippen LogP contribution in [0.3, 0.4) is 0 Å². The smallest absolute Gasteiger partial charge is 0.321 e. The summed E-state index contributed by atoms with van der Waals surface area (Å²) < 4.78 is 1.43. The molecule has 1 aromatic heterocycles. The summed E-state index contributed by atoms with van der Waals surface area (Å²) in [7, 11) is 1.66. The highest BCUT2D eigenvalue weighted by Crippen LogP contribution is 2.24. The van der Waals surface area contributed by atoms with Crippen LogP contribution in [0.1, 0.15) is 25.7 Å². The van der Waals surface area contributed by atoms with Crippen LogP contribution in [0.5, 0.6) is 0 Å². The Morgan fingerprint density at radius 2 is 2.16 bits per heavy atom. The lowest BCUT2D eigenvalue weighted by atomic mass is 9.84. The Labute approximate surface area is 110 Å². The van der Waals surface area contributed by atoms with Crippen molar-refractivity contribution >= 4 is 17.9 Å². The maximum Gasteiger partial charge on any atom is 0.321 e. The van der Waals surface area contributed by atoms with Crippen LogP contribution in [-0.4, -0.2) is 37.9 Å². The van der Waals surface area contributed by atoms with E-state index in [-0.39, 0.29) is 6.04 Å². The fourth-order valence-corrected chi connectivity index (χ4v) is 2.31. The number of nitrogens with zero attached hydrogens (tertiary/aromatic N) is 3. The Kier molecular flexibility index (Phi) is 3.98. The van der Waals surface area contributed by atoms with E-state index in [1.165, 1.54) is 11.0 Å². The molecule has 1 saturated carbocycles. The van der Waals surface area contributed by atoms with Crippen LogP contribution in [0.4, 0.5) is 10.7 Å². The van der Waals surface area contributed by atoms with Gasteiger partial charge in [-0.3, -0.25) is 10.1 Å². The number of anilines is 1. The number of hydrogen-bond donors (Lipinski definition) is 3. The average molecular weight is 267 g/mol. The van der Waals surface area contributed by atoms with E-state index in [1.54, 1.807) is 7.05 Å². The van der Waals surface area contributed by atoms with Crippen molar-refractivity contribution in [3.63, 3.8) is 0 Å². The van der Waals surface area contributed by atoms with Gasteiger partial charge in [-0.15, -0.1) is 0 Å². The van der Waals surface area contributed by atoms with E-state index in [9.17, 15) is 9.59 Å². The van der Waals surface area contributed by atoms with Crippen LogP contribution < -0.4 is 10.6 Å². The number of aryl methyl sites for hydroxylation is 1. The first-order valence-corrected chi connectivity index (χ1v) is 6.22. The predicted octanol–water partition coefficient (Wildman–Crippen LogP) is 0.580. The van der Waals surface area contributed by atoms with Crippen molar-refractivity contribution in [2.75, 3.05) is 5.32 Å². The van der Waals surface area contributed by atoms with Crippen molar-refractivity contribution < 1.29 is 14.7 Å². The molecule has 0 aromatic carbocycles. The van der Waals surface area contributed by atoms with E-state index in [4.69, 9.17) is 5.11 Å². The van der Waals surface area contributed by atoms with Crippen LogP contribution in [0.15, 0.2) is 6.33 Å². The number of aromatic nitrogens is 3. The molecule has 0 spiro atoms. The molecule has 0 aliphatic heterocycles. The Morgan fingerprint density at radius 1 is 1.42 bits per heavy atom. The van der Waals surface area contributed by atoms with Crippen molar-refractivity contribution in [2.45, 2.75) is 31.7 Å². The molecule has 104 valence electrons. The number of nitrogens with one attached hydrogen (secondary N) is 2. The van der Waals surface area contributed by atoms with Gasteiger partial charge in [0, 0.05) is 13.1 Å². The van der Waals surface area contributed by atoms with Gasteiger partial charge < -0.3 is 10.4 Å². The van der Waals surface area contributed by atoms with Gasteiger partial charge in [0.25, 0.3) is 0 Å². The zero-order valence-corrected chi connectivity index (χ0v) is 10.7. The van der Waals surface area contributed by atoms with Crippen molar-refractivity contribution in [1.29, 1.82) is 0 Å². The second-order valence-electron chi connectivity index (χ2n) is 4.64.